The monoisotopic (exact) mass is 357 g/mol. The fraction of sp³-hybridized carbons (Fsp3) is 0.500. The molecule has 1 saturated heterocycles. The minimum absolute atomic E-state index is 0.0956. The van der Waals surface area contributed by atoms with Crippen LogP contribution in [-0.2, 0) is 0 Å². The van der Waals surface area contributed by atoms with Crippen LogP contribution in [0.2, 0.25) is 0 Å². The molecule has 0 aromatic carbocycles. The molecule has 0 spiro atoms. The molecule has 26 heavy (non-hydrogen) atoms. The number of hydrogen-bond donors (Lipinski definition) is 0. The fourth-order valence-electron chi connectivity index (χ4n) is 2.87. The maximum absolute atomic E-state index is 12.5. The van der Waals surface area contributed by atoms with E-state index >= 15 is 0 Å². The van der Waals surface area contributed by atoms with E-state index in [-0.39, 0.29) is 5.91 Å². The molecule has 3 rings (SSSR count). The lowest BCUT2D eigenvalue weighted by atomic mass is 9.97. The Hall–Kier alpha value is -2.77. The number of amides is 1. The maximum Gasteiger partial charge on any atom is 0.274 e. The molecule has 1 aliphatic heterocycles. The van der Waals surface area contributed by atoms with Gasteiger partial charge in [-0.05, 0) is 38.7 Å². The number of ether oxygens (including phenoxy) is 2. The molecular weight excluding hydrogens is 334 g/mol. The Labute approximate surface area is 152 Å². The first-order chi connectivity index (χ1) is 12.6. The fourth-order valence-corrected chi connectivity index (χ4v) is 2.87. The molecule has 0 N–H and O–H groups in total. The standard InChI is InChI=1S/C18H23N5O3/c1-12-13(2)19-11-20-17(12)26-10-14-6-8-23(9-7-14)18(24)15-4-5-16(25-3)22-21-15/h4-5,11,14H,6-10H2,1-3H3. The van der Waals surface area contributed by atoms with Gasteiger partial charge >= 0.3 is 0 Å². The maximum atomic E-state index is 12.5. The van der Waals surface area contributed by atoms with E-state index in [2.05, 4.69) is 20.2 Å². The molecular formula is C18H23N5O3. The number of hydrogen-bond acceptors (Lipinski definition) is 7. The number of likely N-dealkylation sites (tertiary alicyclic amines) is 1. The summed E-state index contributed by atoms with van der Waals surface area (Å²) in [7, 11) is 1.52. The third kappa shape index (κ3) is 4.07. The van der Waals surface area contributed by atoms with Gasteiger partial charge in [0.05, 0.1) is 13.7 Å². The number of carbonyl (C=O) groups excluding carboxylic acids is 1. The topological polar surface area (TPSA) is 90.3 Å². The van der Waals surface area contributed by atoms with Crippen molar-refractivity contribution in [3.8, 4) is 11.8 Å². The van der Waals surface area contributed by atoms with Crippen LogP contribution < -0.4 is 9.47 Å². The summed E-state index contributed by atoms with van der Waals surface area (Å²) in [5, 5.41) is 7.79. The summed E-state index contributed by atoms with van der Waals surface area (Å²) in [4.78, 5) is 22.7. The summed E-state index contributed by atoms with van der Waals surface area (Å²) in [6.07, 6.45) is 3.30. The van der Waals surface area contributed by atoms with Gasteiger partial charge in [0.2, 0.25) is 11.8 Å². The highest BCUT2D eigenvalue weighted by Gasteiger charge is 2.25. The molecule has 1 aliphatic rings. The van der Waals surface area contributed by atoms with Gasteiger partial charge in [-0.1, -0.05) is 0 Å². The second kappa shape index (κ2) is 8.07. The van der Waals surface area contributed by atoms with E-state index in [1.807, 2.05) is 18.7 Å². The lowest BCUT2D eigenvalue weighted by Gasteiger charge is -2.31. The summed E-state index contributed by atoms with van der Waals surface area (Å²) >= 11 is 0. The predicted molar refractivity (Wildman–Crippen MR) is 94.2 cm³/mol. The minimum Gasteiger partial charge on any atom is -0.480 e. The van der Waals surface area contributed by atoms with E-state index in [1.165, 1.54) is 13.4 Å². The van der Waals surface area contributed by atoms with Gasteiger partial charge in [0, 0.05) is 30.4 Å². The Bertz CT molecular complexity index is 758. The molecule has 0 saturated carbocycles. The molecule has 0 bridgehead atoms. The number of rotatable bonds is 5. The van der Waals surface area contributed by atoms with Crippen molar-refractivity contribution in [1.82, 2.24) is 25.1 Å². The molecule has 138 valence electrons. The van der Waals surface area contributed by atoms with Gasteiger partial charge in [-0.2, -0.15) is 0 Å². The highest BCUT2D eigenvalue weighted by atomic mass is 16.5. The molecule has 2 aromatic rings. The first-order valence-electron chi connectivity index (χ1n) is 8.66. The van der Waals surface area contributed by atoms with Crippen LogP contribution in [0.25, 0.3) is 0 Å². The smallest absolute Gasteiger partial charge is 0.274 e. The van der Waals surface area contributed by atoms with Gasteiger partial charge in [-0.25, -0.2) is 9.97 Å². The number of carbonyl (C=O) groups is 1. The molecule has 0 aliphatic carbocycles. The molecule has 2 aromatic heterocycles. The zero-order valence-corrected chi connectivity index (χ0v) is 15.3. The average molecular weight is 357 g/mol. The molecule has 1 amide bonds. The van der Waals surface area contributed by atoms with E-state index < -0.39 is 0 Å². The summed E-state index contributed by atoms with van der Waals surface area (Å²) in [6, 6.07) is 3.29. The summed E-state index contributed by atoms with van der Waals surface area (Å²) < 4.78 is 10.8. The van der Waals surface area contributed by atoms with Gasteiger partial charge in [0.1, 0.15) is 6.33 Å². The quantitative estimate of drug-likeness (QED) is 0.806. The van der Waals surface area contributed by atoms with E-state index in [4.69, 9.17) is 9.47 Å². The molecule has 8 nitrogen and oxygen atoms in total. The van der Waals surface area contributed by atoms with Crippen LogP contribution in [0.5, 0.6) is 11.8 Å². The highest BCUT2D eigenvalue weighted by Crippen LogP contribution is 2.22. The van der Waals surface area contributed by atoms with E-state index in [9.17, 15) is 4.79 Å². The Morgan fingerprint density at radius 2 is 1.96 bits per heavy atom. The molecule has 0 atom stereocenters. The van der Waals surface area contributed by atoms with Gasteiger partial charge in [0.25, 0.3) is 5.91 Å². The summed E-state index contributed by atoms with van der Waals surface area (Å²) in [6.45, 7) is 5.87. The normalized spacial score (nSPS) is 15.0. The van der Waals surface area contributed by atoms with E-state index in [0.29, 0.717) is 43.1 Å². The SMILES string of the molecule is COc1ccc(C(=O)N2CCC(COc3ncnc(C)c3C)CC2)nn1. The van der Waals surface area contributed by atoms with Crippen molar-refractivity contribution < 1.29 is 14.3 Å². The number of nitrogens with zero attached hydrogens (tertiary/aromatic N) is 5. The second-order valence-electron chi connectivity index (χ2n) is 6.40. The molecule has 3 heterocycles. The third-order valence-corrected chi connectivity index (χ3v) is 4.72. The zero-order chi connectivity index (χ0) is 18.5. The number of aromatic nitrogens is 4. The second-order valence-corrected chi connectivity index (χ2v) is 6.40. The Balaban J connectivity index is 1.50. The number of piperidine rings is 1. The van der Waals surface area contributed by atoms with Crippen LogP contribution in [0.1, 0.15) is 34.6 Å². The van der Waals surface area contributed by atoms with Gasteiger partial charge in [0.15, 0.2) is 5.69 Å². The Morgan fingerprint density at radius 1 is 1.19 bits per heavy atom. The number of methoxy groups -OCH3 is 1. The van der Waals surface area contributed by atoms with Crippen molar-refractivity contribution in [3.05, 3.63) is 35.4 Å². The van der Waals surface area contributed by atoms with Gasteiger partial charge < -0.3 is 14.4 Å². The van der Waals surface area contributed by atoms with Gasteiger partial charge in [-0.15, -0.1) is 10.2 Å². The molecule has 0 radical (unpaired) electrons. The van der Waals surface area contributed by atoms with Crippen molar-refractivity contribution >= 4 is 5.91 Å². The van der Waals surface area contributed by atoms with Crippen LogP contribution in [-0.4, -0.2) is 57.8 Å². The Kier molecular flexibility index (Phi) is 5.60. The van der Waals surface area contributed by atoms with Crippen LogP contribution in [0, 0.1) is 19.8 Å². The van der Waals surface area contributed by atoms with E-state index in [1.54, 1.807) is 12.1 Å². The number of aryl methyl sites for hydroxylation is 1. The molecule has 0 unspecified atom stereocenters. The minimum atomic E-state index is -0.0956. The van der Waals surface area contributed by atoms with Crippen molar-refractivity contribution in [2.24, 2.45) is 5.92 Å². The highest BCUT2D eigenvalue weighted by molar-refractivity contribution is 5.92. The van der Waals surface area contributed by atoms with Crippen molar-refractivity contribution in [2.75, 3.05) is 26.8 Å². The van der Waals surface area contributed by atoms with Gasteiger partial charge in [-0.3, -0.25) is 4.79 Å². The lowest BCUT2D eigenvalue weighted by molar-refractivity contribution is 0.0652. The van der Waals surface area contributed by atoms with Crippen LogP contribution in [0.3, 0.4) is 0 Å². The largest absolute Gasteiger partial charge is 0.480 e. The van der Waals surface area contributed by atoms with Crippen LogP contribution in [0.4, 0.5) is 0 Å². The van der Waals surface area contributed by atoms with E-state index in [0.717, 1.165) is 24.1 Å². The first kappa shape index (κ1) is 18.0. The van der Waals surface area contributed by atoms with Crippen molar-refractivity contribution in [1.29, 1.82) is 0 Å². The van der Waals surface area contributed by atoms with Crippen molar-refractivity contribution in [2.45, 2.75) is 26.7 Å². The van der Waals surface area contributed by atoms with Crippen LogP contribution in [0.15, 0.2) is 18.5 Å². The molecule has 1 fully saturated rings. The predicted octanol–water partition coefficient (Wildman–Crippen LogP) is 1.82. The average Bonchev–Trinajstić information content (AvgIpc) is 2.69. The third-order valence-electron chi connectivity index (χ3n) is 4.72. The lowest BCUT2D eigenvalue weighted by Crippen LogP contribution is -2.40. The first-order valence-corrected chi connectivity index (χ1v) is 8.66. The zero-order valence-electron chi connectivity index (χ0n) is 15.3. The molecule has 8 heteroatoms. The Morgan fingerprint density at radius 3 is 2.62 bits per heavy atom. The van der Waals surface area contributed by atoms with Crippen molar-refractivity contribution in [3.63, 3.8) is 0 Å². The summed E-state index contributed by atoms with van der Waals surface area (Å²) in [5.41, 5.74) is 2.24. The van der Waals surface area contributed by atoms with Crippen LogP contribution >= 0.6 is 0 Å². The summed E-state index contributed by atoms with van der Waals surface area (Å²) in [5.74, 6) is 1.34.